The summed E-state index contributed by atoms with van der Waals surface area (Å²) in [6, 6.07) is 0. The molecule has 142 valence electrons. The molecule has 0 amide bonds. The van der Waals surface area contributed by atoms with Crippen LogP contribution in [0.15, 0.2) is 0 Å². The van der Waals surface area contributed by atoms with Gasteiger partial charge in [0.25, 0.3) is 0 Å². The van der Waals surface area contributed by atoms with Crippen molar-refractivity contribution in [2.45, 2.75) is 104 Å². The molecule has 1 saturated heterocycles. The molecule has 1 aliphatic heterocycles. The third kappa shape index (κ3) is 5.28. The third-order valence-electron chi connectivity index (χ3n) is 4.84. The molecule has 1 rings (SSSR count). The van der Waals surface area contributed by atoms with Crippen LogP contribution in [0.3, 0.4) is 0 Å². The summed E-state index contributed by atoms with van der Waals surface area (Å²) in [4.78, 5) is 11.2. The quantitative estimate of drug-likeness (QED) is 0.490. The average molecular weight is 361 g/mol. The van der Waals surface area contributed by atoms with Crippen LogP contribution in [0.4, 0.5) is 0 Å². The number of hydrogen-bond acceptors (Lipinski definition) is 5. The normalized spacial score (nSPS) is 24.7. The lowest BCUT2D eigenvalue weighted by atomic mass is 10.2. The van der Waals surface area contributed by atoms with E-state index in [1.54, 1.807) is 0 Å². The molecule has 0 N–H and O–H groups in total. The molecule has 0 aliphatic carbocycles. The van der Waals surface area contributed by atoms with Crippen molar-refractivity contribution in [2.75, 3.05) is 6.61 Å². The molecule has 1 heterocycles. The summed E-state index contributed by atoms with van der Waals surface area (Å²) in [7, 11) is -1.94. The highest BCUT2D eigenvalue weighted by atomic mass is 28.4. The van der Waals surface area contributed by atoms with Crippen LogP contribution in [0.2, 0.25) is 16.6 Å². The van der Waals surface area contributed by atoms with E-state index in [0.717, 1.165) is 0 Å². The lowest BCUT2D eigenvalue weighted by Gasteiger charge is -2.45. The predicted octanol–water partition coefficient (Wildman–Crippen LogP) is 4.61. The van der Waals surface area contributed by atoms with Gasteiger partial charge in [-0.1, -0.05) is 41.5 Å². The van der Waals surface area contributed by atoms with Crippen LogP contribution in [-0.2, 0) is 23.4 Å². The van der Waals surface area contributed by atoms with E-state index in [9.17, 15) is 4.79 Å². The van der Waals surface area contributed by atoms with Crippen LogP contribution >= 0.6 is 0 Å². The number of carbonyl (C=O) groups excluding carboxylic acids is 1. The number of esters is 1. The molecule has 0 aromatic carbocycles. The second-order valence-corrected chi connectivity index (χ2v) is 13.6. The molecule has 0 aromatic rings. The maximum absolute atomic E-state index is 11.2. The van der Waals surface area contributed by atoms with E-state index in [2.05, 4.69) is 41.5 Å². The molecule has 0 radical (unpaired) electrons. The summed E-state index contributed by atoms with van der Waals surface area (Å²) in [5.41, 5.74) is 1.57. The maximum Gasteiger partial charge on any atom is 0.304 e. The molecule has 0 bridgehead atoms. The Morgan fingerprint density at radius 1 is 1.08 bits per heavy atom. The Bertz CT molecular complexity index is 398. The molecule has 1 fully saturated rings. The molecule has 1 aliphatic rings. The standard InChI is InChI=1S/C18H36O5Si/c1-12(2)24(13(3)4,14(5)6)20-11-16-10-17(21-15(7)19)23-18(8,9)22-16/h12-14,16-17H,10-11H2,1-9H3/t16-,17?/m0/s1. The Balaban J connectivity index is 2.84. The fourth-order valence-corrected chi connectivity index (χ4v) is 9.63. The zero-order valence-electron chi connectivity index (χ0n) is 16.8. The second kappa shape index (κ2) is 8.30. The predicted molar refractivity (Wildman–Crippen MR) is 97.2 cm³/mol. The van der Waals surface area contributed by atoms with E-state index >= 15 is 0 Å². The Hall–Kier alpha value is -0.433. The average Bonchev–Trinajstić information content (AvgIpc) is 2.34. The first-order valence-corrected chi connectivity index (χ1v) is 11.2. The smallest absolute Gasteiger partial charge is 0.304 e. The topological polar surface area (TPSA) is 54.0 Å². The van der Waals surface area contributed by atoms with Gasteiger partial charge in [-0.2, -0.15) is 0 Å². The molecule has 0 aromatic heterocycles. The minimum absolute atomic E-state index is 0.138. The van der Waals surface area contributed by atoms with Crippen molar-refractivity contribution >= 4 is 14.3 Å². The van der Waals surface area contributed by atoms with Crippen LogP contribution in [-0.4, -0.2) is 39.1 Å². The Kier molecular flexibility index (Phi) is 7.47. The Morgan fingerprint density at radius 3 is 2.00 bits per heavy atom. The van der Waals surface area contributed by atoms with Crippen molar-refractivity contribution in [3.63, 3.8) is 0 Å². The molecule has 6 heteroatoms. The zero-order valence-corrected chi connectivity index (χ0v) is 17.8. The minimum atomic E-state index is -1.94. The molecule has 24 heavy (non-hydrogen) atoms. The first kappa shape index (κ1) is 21.6. The third-order valence-corrected chi connectivity index (χ3v) is 10.9. The van der Waals surface area contributed by atoms with E-state index < -0.39 is 20.4 Å². The number of rotatable bonds is 7. The molecule has 2 atom stereocenters. The minimum Gasteiger partial charge on any atom is -0.436 e. The van der Waals surface area contributed by atoms with Crippen LogP contribution in [0.1, 0.15) is 68.7 Å². The van der Waals surface area contributed by atoms with Crippen molar-refractivity contribution in [3.05, 3.63) is 0 Å². The van der Waals surface area contributed by atoms with E-state index in [1.807, 2.05) is 13.8 Å². The monoisotopic (exact) mass is 360 g/mol. The highest BCUT2D eigenvalue weighted by molar-refractivity contribution is 6.77. The molecule has 5 nitrogen and oxygen atoms in total. The van der Waals surface area contributed by atoms with Crippen molar-refractivity contribution < 1.29 is 23.4 Å². The number of ether oxygens (including phenoxy) is 3. The molecular formula is C18H36O5Si. The molecular weight excluding hydrogens is 324 g/mol. The summed E-state index contributed by atoms with van der Waals surface area (Å²) in [6.07, 6.45) is -0.212. The van der Waals surface area contributed by atoms with Gasteiger partial charge in [-0.05, 0) is 30.5 Å². The SMILES string of the molecule is CC(=O)OC1C[C@@H](CO[Si](C(C)C)(C(C)C)C(C)C)OC(C)(C)O1. The van der Waals surface area contributed by atoms with Crippen LogP contribution < -0.4 is 0 Å². The van der Waals surface area contributed by atoms with Crippen molar-refractivity contribution in [1.29, 1.82) is 0 Å². The highest BCUT2D eigenvalue weighted by Gasteiger charge is 2.46. The summed E-state index contributed by atoms with van der Waals surface area (Å²) in [6.45, 7) is 19.2. The Morgan fingerprint density at radius 2 is 1.58 bits per heavy atom. The van der Waals surface area contributed by atoms with Gasteiger partial charge in [-0.25, -0.2) is 0 Å². The fourth-order valence-electron chi connectivity index (χ4n) is 4.15. The molecule has 1 unspecified atom stereocenters. The summed E-state index contributed by atoms with van der Waals surface area (Å²) in [5.74, 6) is -1.13. The van der Waals surface area contributed by atoms with Gasteiger partial charge < -0.3 is 18.6 Å². The summed E-state index contributed by atoms with van der Waals surface area (Å²) in [5, 5.41) is 0. The van der Waals surface area contributed by atoms with Crippen molar-refractivity contribution in [2.24, 2.45) is 0 Å². The molecule has 0 saturated carbocycles. The van der Waals surface area contributed by atoms with Gasteiger partial charge in [0.05, 0.1) is 12.7 Å². The largest absolute Gasteiger partial charge is 0.436 e. The fraction of sp³-hybridized carbons (Fsp3) is 0.944. The van der Waals surface area contributed by atoms with E-state index in [0.29, 0.717) is 29.7 Å². The number of carbonyl (C=O) groups is 1. The Labute approximate surface area is 148 Å². The van der Waals surface area contributed by atoms with Crippen LogP contribution in [0.5, 0.6) is 0 Å². The van der Waals surface area contributed by atoms with E-state index in [4.69, 9.17) is 18.6 Å². The van der Waals surface area contributed by atoms with Crippen molar-refractivity contribution in [1.82, 2.24) is 0 Å². The highest BCUT2D eigenvalue weighted by Crippen LogP contribution is 2.42. The number of hydrogen-bond donors (Lipinski definition) is 0. The van der Waals surface area contributed by atoms with Crippen LogP contribution in [0, 0.1) is 0 Å². The first-order chi connectivity index (χ1) is 10.9. The lowest BCUT2D eigenvalue weighted by Crippen LogP contribution is -2.52. The second-order valence-electron chi connectivity index (χ2n) is 8.16. The van der Waals surface area contributed by atoms with Crippen molar-refractivity contribution in [3.8, 4) is 0 Å². The van der Waals surface area contributed by atoms with Gasteiger partial charge in [0, 0.05) is 13.3 Å². The summed E-state index contributed by atoms with van der Waals surface area (Å²) < 4.78 is 23.5. The lowest BCUT2D eigenvalue weighted by molar-refractivity contribution is -0.345. The summed E-state index contributed by atoms with van der Waals surface area (Å²) >= 11 is 0. The van der Waals surface area contributed by atoms with Crippen LogP contribution in [0.25, 0.3) is 0 Å². The van der Waals surface area contributed by atoms with Gasteiger partial charge >= 0.3 is 5.97 Å². The van der Waals surface area contributed by atoms with E-state index in [1.165, 1.54) is 6.92 Å². The first-order valence-electron chi connectivity index (χ1n) is 9.07. The maximum atomic E-state index is 11.2. The van der Waals surface area contributed by atoms with Gasteiger partial charge in [-0.3, -0.25) is 4.79 Å². The van der Waals surface area contributed by atoms with Gasteiger partial charge in [-0.15, -0.1) is 0 Å². The molecule has 0 spiro atoms. The van der Waals surface area contributed by atoms with Gasteiger partial charge in [0.15, 0.2) is 14.1 Å². The van der Waals surface area contributed by atoms with Gasteiger partial charge in [0.2, 0.25) is 6.29 Å². The zero-order chi connectivity index (χ0) is 18.7. The van der Waals surface area contributed by atoms with E-state index in [-0.39, 0.29) is 12.1 Å². The van der Waals surface area contributed by atoms with Gasteiger partial charge in [0.1, 0.15) is 0 Å².